The van der Waals surface area contributed by atoms with Crippen LogP contribution in [0.1, 0.15) is 50.4 Å². The fourth-order valence-electron chi connectivity index (χ4n) is 5.44. The Bertz CT molecular complexity index is 1370. The monoisotopic (exact) mass is 590 g/mol. The molecule has 9 heteroatoms. The lowest BCUT2D eigenvalue weighted by atomic mass is 10.0. The molecule has 3 N–H and O–H groups in total. The van der Waals surface area contributed by atoms with E-state index >= 15 is 0 Å². The zero-order valence-electron chi connectivity index (χ0n) is 26.0. The van der Waals surface area contributed by atoms with Gasteiger partial charge in [-0.05, 0) is 76.9 Å². The Balaban J connectivity index is 1.63. The molecule has 43 heavy (non-hydrogen) atoms. The van der Waals surface area contributed by atoms with Crippen molar-refractivity contribution in [3.8, 4) is 5.75 Å². The summed E-state index contributed by atoms with van der Waals surface area (Å²) in [7, 11) is 4.03. The molecule has 1 aliphatic rings. The largest absolute Gasteiger partial charge is 0.490 e. The maximum atomic E-state index is 14.2. The molecule has 9 nitrogen and oxygen atoms in total. The maximum Gasteiger partial charge on any atom is 0.323 e. The quantitative estimate of drug-likeness (QED) is 0.333. The lowest BCUT2D eigenvalue weighted by molar-refractivity contribution is -0.0137. The van der Waals surface area contributed by atoms with Gasteiger partial charge in [-0.1, -0.05) is 43.3 Å². The van der Waals surface area contributed by atoms with Crippen molar-refractivity contribution in [2.45, 2.75) is 58.3 Å². The van der Waals surface area contributed by atoms with E-state index in [0.717, 1.165) is 36.6 Å². The zero-order valence-corrected chi connectivity index (χ0v) is 26.0. The first-order valence-electron chi connectivity index (χ1n) is 15.2. The van der Waals surface area contributed by atoms with Gasteiger partial charge in [0.15, 0.2) is 0 Å². The molecule has 0 saturated heterocycles. The van der Waals surface area contributed by atoms with Gasteiger partial charge in [0.1, 0.15) is 5.75 Å². The molecule has 0 aromatic heterocycles. The molecule has 1 heterocycles. The molecule has 3 aromatic carbocycles. The second-order valence-electron chi connectivity index (χ2n) is 11.9. The fraction of sp³-hybridized carbons (Fsp3) is 0.471. The van der Waals surface area contributed by atoms with Gasteiger partial charge in [-0.3, -0.25) is 4.79 Å². The molecule has 0 unspecified atom stereocenters. The summed E-state index contributed by atoms with van der Waals surface area (Å²) in [5, 5.41) is 17.9. The number of aliphatic hydroxyl groups is 1. The highest BCUT2D eigenvalue weighted by Crippen LogP contribution is 2.29. The number of rotatable bonds is 6. The third-order valence-electron chi connectivity index (χ3n) is 7.89. The molecular weight excluding hydrogens is 544 g/mol. The standard InChI is InChI=1S/C34H46N4O5/c1-23-20-38(24(2)22-39)33(40)29-19-27(35-34(41)36-30-15-10-13-26-12-6-7-14-28(26)30)16-17-31(29)43-25(3)11-8-9-18-42-32(23)21-37(4)5/h6-7,10,12-17,19,23-25,32,39H,8-9,11,18,20-22H2,1-5H3,(H2,35,36,41)/t23-,24+,25+,32-/m1/s1. The Morgan fingerprint density at radius 2 is 1.84 bits per heavy atom. The molecule has 3 aromatic rings. The minimum atomic E-state index is -0.431. The van der Waals surface area contributed by atoms with E-state index in [0.29, 0.717) is 35.8 Å². The topological polar surface area (TPSA) is 103 Å². The second kappa shape index (κ2) is 15.2. The number of hydrogen-bond acceptors (Lipinski definition) is 6. The Hall–Kier alpha value is -3.66. The van der Waals surface area contributed by atoms with Crippen LogP contribution in [-0.4, -0.2) is 85.5 Å². The van der Waals surface area contributed by atoms with Crippen LogP contribution in [0.2, 0.25) is 0 Å². The molecule has 4 atom stereocenters. The van der Waals surface area contributed by atoms with Gasteiger partial charge in [0.25, 0.3) is 5.91 Å². The maximum absolute atomic E-state index is 14.2. The van der Waals surface area contributed by atoms with Crippen molar-refractivity contribution in [1.82, 2.24) is 9.80 Å². The molecule has 0 aliphatic carbocycles. The van der Waals surface area contributed by atoms with E-state index in [1.165, 1.54) is 0 Å². The summed E-state index contributed by atoms with van der Waals surface area (Å²) in [5.41, 5.74) is 1.48. The number of fused-ring (bicyclic) bond motifs is 2. The van der Waals surface area contributed by atoms with Crippen LogP contribution < -0.4 is 15.4 Å². The minimum absolute atomic E-state index is 0.0133. The fourth-order valence-corrected chi connectivity index (χ4v) is 5.44. The lowest BCUT2D eigenvalue weighted by Gasteiger charge is -2.35. The van der Waals surface area contributed by atoms with Gasteiger partial charge in [-0.15, -0.1) is 0 Å². The van der Waals surface area contributed by atoms with E-state index in [4.69, 9.17) is 9.47 Å². The lowest BCUT2D eigenvalue weighted by Crippen LogP contribution is -2.47. The molecule has 0 radical (unpaired) electrons. The second-order valence-corrected chi connectivity index (χ2v) is 11.9. The Kier molecular flexibility index (Phi) is 11.4. The molecule has 4 rings (SSSR count). The first-order valence-corrected chi connectivity index (χ1v) is 15.2. The van der Waals surface area contributed by atoms with Crippen LogP contribution in [-0.2, 0) is 4.74 Å². The van der Waals surface area contributed by atoms with Crippen molar-refractivity contribution < 1.29 is 24.2 Å². The van der Waals surface area contributed by atoms with Crippen LogP contribution >= 0.6 is 0 Å². The summed E-state index contributed by atoms with van der Waals surface area (Å²) >= 11 is 0. The van der Waals surface area contributed by atoms with Gasteiger partial charge >= 0.3 is 6.03 Å². The SMILES string of the molecule is C[C@@H]1CN([C@@H](C)CO)C(=O)c2cc(NC(=O)Nc3cccc4ccccc34)ccc2O[C@@H](C)CCCCO[C@@H]1CN(C)C. The van der Waals surface area contributed by atoms with Gasteiger partial charge in [-0.2, -0.15) is 0 Å². The summed E-state index contributed by atoms with van der Waals surface area (Å²) in [4.78, 5) is 31.1. The van der Waals surface area contributed by atoms with Crippen molar-refractivity contribution in [3.63, 3.8) is 0 Å². The number of nitrogens with one attached hydrogen (secondary N) is 2. The predicted molar refractivity (Wildman–Crippen MR) is 172 cm³/mol. The number of aliphatic hydroxyl groups excluding tert-OH is 1. The summed E-state index contributed by atoms with van der Waals surface area (Å²) in [6, 6.07) is 17.9. The van der Waals surface area contributed by atoms with Gasteiger partial charge in [0, 0.05) is 36.7 Å². The normalized spacial score (nSPS) is 21.0. The van der Waals surface area contributed by atoms with Crippen LogP contribution in [0, 0.1) is 5.92 Å². The van der Waals surface area contributed by atoms with Gasteiger partial charge in [0.2, 0.25) is 0 Å². The highest BCUT2D eigenvalue weighted by Gasteiger charge is 2.30. The first kappa shape index (κ1) is 32.3. The number of anilines is 2. The smallest absolute Gasteiger partial charge is 0.323 e. The van der Waals surface area contributed by atoms with E-state index in [-0.39, 0.29) is 30.6 Å². The Morgan fingerprint density at radius 1 is 1.07 bits per heavy atom. The van der Waals surface area contributed by atoms with E-state index in [2.05, 4.69) is 22.5 Å². The number of nitrogens with zero attached hydrogens (tertiary/aromatic N) is 2. The van der Waals surface area contributed by atoms with E-state index in [9.17, 15) is 14.7 Å². The van der Waals surface area contributed by atoms with Crippen molar-refractivity contribution in [2.24, 2.45) is 5.92 Å². The number of amides is 3. The van der Waals surface area contributed by atoms with Crippen LogP contribution in [0.5, 0.6) is 5.75 Å². The van der Waals surface area contributed by atoms with Gasteiger partial charge < -0.3 is 35.0 Å². The highest BCUT2D eigenvalue weighted by atomic mass is 16.5. The molecule has 1 aliphatic heterocycles. The van der Waals surface area contributed by atoms with Crippen molar-refractivity contribution in [1.29, 1.82) is 0 Å². The summed E-state index contributed by atoms with van der Waals surface area (Å²) in [5.74, 6) is 0.201. The number of carbonyl (C=O) groups excluding carboxylic acids is 2. The number of carbonyl (C=O) groups is 2. The van der Waals surface area contributed by atoms with Gasteiger partial charge in [0.05, 0.1) is 36.1 Å². The van der Waals surface area contributed by atoms with Crippen LogP contribution in [0.4, 0.5) is 16.2 Å². The molecule has 0 bridgehead atoms. The number of likely N-dealkylation sites (N-methyl/N-ethyl adjacent to an activating group) is 1. The van der Waals surface area contributed by atoms with Crippen LogP contribution in [0.3, 0.4) is 0 Å². The molecule has 0 fully saturated rings. The number of benzene rings is 3. The molecular formula is C34H46N4O5. The minimum Gasteiger partial charge on any atom is -0.490 e. The van der Waals surface area contributed by atoms with E-state index in [1.807, 2.05) is 70.4 Å². The third kappa shape index (κ3) is 8.69. The molecule has 0 spiro atoms. The molecule has 232 valence electrons. The van der Waals surface area contributed by atoms with Crippen molar-refractivity contribution >= 4 is 34.1 Å². The highest BCUT2D eigenvalue weighted by molar-refractivity contribution is 6.07. The number of urea groups is 1. The molecule has 3 amide bonds. The van der Waals surface area contributed by atoms with E-state index < -0.39 is 12.1 Å². The number of ether oxygens (including phenoxy) is 2. The third-order valence-corrected chi connectivity index (χ3v) is 7.89. The van der Waals surface area contributed by atoms with Crippen molar-refractivity contribution in [3.05, 3.63) is 66.2 Å². The van der Waals surface area contributed by atoms with Gasteiger partial charge in [-0.25, -0.2) is 4.79 Å². The van der Waals surface area contributed by atoms with Crippen LogP contribution in [0.15, 0.2) is 60.7 Å². The Labute approximate surface area is 255 Å². The molecule has 0 saturated carbocycles. The predicted octanol–water partition coefficient (Wildman–Crippen LogP) is 5.84. The van der Waals surface area contributed by atoms with E-state index in [1.54, 1.807) is 23.1 Å². The average Bonchev–Trinajstić information content (AvgIpc) is 2.98. The zero-order chi connectivity index (χ0) is 30.9. The number of hydrogen-bond donors (Lipinski definition) is 3. The van der Waals surface area contributed by atoms with Crippen molar-refractivity contribution in [2.75, 3.05) is 51.0 Å². The first-order chi connectivity index (χ1) is 20.7. The Morgan fingerprint density at radius 3 is 2.60 bits per heavy atom. The summed E-state index contributed by atoms with van der Waals surface area (Å²) in [6.45, 7) is 7.49. The average molecular weight is 591 g/mol. The summed E-state index contributed by atoms with van der Waals surface area (Å²) in [6.07, 6.45) is 2.48. The summed E-state index contributed by atoms with van der Waals surface area (Å²) < 4.78 is 12.6. The van der Waals surface area contributed by atoms with Crippen LogP contribution in [0.25, 0.3) is 10.8 Å².